The standard InChI is InChI=1S/C11H10Cl2N4O3S/c1-11(14-16-17-15-11)5-7-8(21(2,19)20)4-3-6(9(7)12)10(13)18/h3-4H,5H2,1-2H3. The summed E-state index contributed by atoms with van der Waals surface area (Å²) in [6, 6.07) is 2.57. The minimum absolute atomic E-state index is 0.00677. The van der Waals surface area contributed by atoms with E-state index in [1.807, 2.05) is 0 Å². The van der Waals surface area contributed by atoms with Crippen LogP contribution in [0.1, 0.15) is 22.8 Å². The Morgan fingerprint density at radius 2 is 1.86 bits per heavy atom. The molecule has 21 heavy (non-hydrogen) atoms. The summed E-state index contributed by atoms with van der Waals surface area (Å²) in [7, 11) is -3.55. The summed E-state index contributed by atoms with van der Waals surface area (Å²) >= 11 is 11.6. The van der Waals surface area contributed by atoms with Crippen molar-refractivity contribution in [2.24, 2.45) is 20.7 Å². The second kappa shape index (κ2) is 5.43. The van der Waals surface area contributed by atoms with Gasteiger partial charge in [-0.2, -0.15) is 0 Å². The van der Waals surface area contributed by atoms with Crippen molar-refractivity contribution in [1.82, 2.24) is 0 Å². The highest BCUT2D eigenvalue weighted by atomic mass is 35.5. The maximum absolute atomic E-state index is 11.9. The quantitative estimate of drug-likeness (QED) is 0.780. The van der Waals surface area contributed by atoms with E-state index in [4.69, 9.17) is 23.2 Å². The molecule has 112 valence electrons. The average Bonchev–Trinajstić information content (AvgIpc) is 2.76. The Morgan fingerprint density at radius 1 is 1.29 bits per heavy atom. The molecule has 1 aliphatic rings. The fraction of sp³-hybridized carbons (Fsp3) is 0.364. The van der Waals surface area contributed by atoms with Crippen molar-refractivity contribution in [1.29, 1.82) is 0 Å². The molecule has 0 fully saturated rings. The van der Waals surface area contributed by atoms with E-state index in [0.717, 1.165) is 6.26 Å². The van der Waals surface area contributed by atoms with Crippen LogP contribution in [-0.4, -0.2) is 25.6 Å². The average molecular weight is 349 g/mol. The topological polar surface area (TPSA) is 101 Å². The molecule has 0 saturated heterocycles. The predicted molar refractivity (Wildman–Crippen MR) is 76.6 cm³/mol. The number of carbonyl (C=O) groups is 1. The molecule has 7 nitrogen and oxygen atoms in total. The molecule has 1 aliphatic heterocycles. The molecule has 0 unspecified atom stereocenters. The first-order valence-corrected chi connectivity index (χ1v) is 8.34. The third-order valence-corrected chi connectivity index (χ3v) is 4.70. The summed E-state index contributed by atoms with van der Waals surface area (Å²) in [4.78, 5) is 11.3. The van der Waals surface area contributed by atoms with Gasteiger partial charge >= 0.3 is 0 Å². The lowest BCUT2D eigenvalue weighted by Gasteiger charge is -2.18. The number of carbonyl (C=O) groups excluding carboxylic acids is 1. The SMILES string of the molecule is CC1(Cc2c(S(C)(=O)=O)ccc(C(=O)Cl)c2Cl)N=NN=N1. The molecule has 2 rings (SSSR count). The van der Waals surface area contributed by atoms with Crippen molar-refractivity contribution in [3.05, 3.63) is 28.3 Å². The van der Waals surface area contributed by atoms with Gasteiger partial charge in [-0.15, -0.1) is 10.2 Å². The molecule has 0 aromatic heterocycles. The minimum Gasteiger partial charge on any atom is -0.276 e. The van der Waals surface area contributed by atoms with Gasteiger partial charge in [0.2, 0.25) is 0 Å². The molecule has 1 aromatic rings. The first-order chi connectivity index (χ1) is 9.64. The Hall–Kier alpha value is -1.38. The van der Waals surface area contributed by atoms with Crippen LogP contribution >= 0.6 is 23.2 Å². The van der Waals surface area contributed by atoms with Crippen LogP contribution in [0.5, 0.6) is 0 Å². The molecular formula is C11H10Cl2N4O3S. The molecule has 0 atom stereocenters. The monoisotopic (exact) mass is 348 g/mol. The zero-order valence-electron chi connectivity index (χ0n) is 11.0. The van der Waals surface area contributed by atoms with Gasteiger partial charge in [0.15, 0.2) is 15.5 Å². The van der Waals surface area contributed by atoms with E-state index in [2.05, 4.69) is 20.7 Å². The predicted octanol–water partition coefficient (Wildman–Crippen LogP) is 3.21. The van der Waals surface area contributed by atoms with Gasteiger partial charge in [0.05, 0.1) is 15.5 Å². The summed E-state index contributed by atoms with van der Waals surface area (Å²) in [6.07, 6.45) is 1.07. The Balaban J connectivity index is 2.65. The van der Waals surface area contributed by atoms with E-state index < -0.39 is 20.7 Å². The molecular weight excluding hydrogens is 339 g/mol. The second-order valence-corrected chi connectivity index (χ2v) is 7.43. The molecule has 1 aromatic carbocycles. The Kier molecular flexibility index (Phi) is 4.14. The number of halogens is 2. The maximum Gasteiger partial charge on any atom is 0.253 e. The lowest BCUT2D eigenvalue weighted by molar-refractivity contribution is 0.108. The van der Waals surface area contributed by atoms with Crippen molar-refractivity contribution in [3.63, 3.8) is 0 Å². The lowest BCUT2D eigenvalue weighted by atomic mass is 10.0. The third-order valence-electron chi connectivity index (χ3n) is 2.88. The van der Waals surface area contributed by atoms with Gasteiger partial charge in [-0.1, -0.05) is 11.6 Å². The number of sulfone groups is 1. The third kappa shape index (κ3) is 3.28. The second-order valence-electron chi connectivity index (χ2n) is 4.72. The fourth-order valence-corrected chi connectivity index (χ4v) is 3.44. The number of benzene rings is 1. The molecule has 0 amide bonds. The zero-order valence-corrected chi connectivity index (χ0v) is 13.4. The van der Waals surface area contributed by atoms with Crippen molar-refractivity contribution >= 4 is 38.3 Å². The molecule has 0 radical (unpaired) electrons. The van der Waals surface area contributed by atoms with Gasteiger partial charge in [0, 0.05) is 12.7 Å². The number of rotatable bonds is 4. The summed E-state index contributed by atoms with van der Waals surface area (Å²) in [5.41, 5.74) is -0.818. The molecule has 0 saturated carbocycles. The summed E-state index contributed by atoms with van der Waals surface area (Å²) < 4.78 is 23.8. The van der Waals surface area contributed by atoms with Crippen LogP contribution in [0.25, 0.3) is 0 Å². The number of hydrogen-bond acceptors (Lipinski definition) is 7. The molecule has 0 bridgehead atoms. The minimum atomic E-state index is -3.55. The highest BCUT2D eigenvalue weighted by Gasteiger charge is 2.32. The van der Waals surface area contributed by atoms with Gasteiger partial charge < -0.3 is 0 Å². The maximum atomic E-state index is 11.9. The van der Waals surface area contributed by atoms with E-state index >= 15 is 0 Å². The highest BCUT2D eigenvalue weighted by molar-refractivity contribution is 7.90. The van der Waals surface area contributed by atoms with Gasteiger partial charge in [-0.3, -0.25) is 4.79 Å². The first-order valence-electron chi connectivity index (χ1n) is 5.69. The van der Waals surface area contributed by atoms with Crippen LogP contribution < -0.4 is 0 Å². The number of hydrogen-bond donors (Lipinski definition) is 0. The number of nitrogens with zero attached hydrogens (tertiary/aromatic N) is 4. The van der Waals surface area contributed by atoms with E-state index in [1.165, 1.54) is 12.1 Å². The van der Waals surface area contributed by atoms with Crippen molar-refractivity contribution in [3.8, 4) is 0 Å². The zero-order chi connectivity index (χ0) is 15.8. The molecule has 1 heterocycles. The fourth-order valence-electron chi connectivity index (χ4n) is 1.93. The van der Waals surface area contributed by atoms with E-state index in [-0.39, 0.29) is 27.5 Å². The highest BCUT2D eigenvalue weighted by Crippen LogP contribution is 2.34. The smallest absolute Gasteiger partial charge is 0.253 e. The largest absolute Gasteiger partial charge is 0.276 e. The van der Waals surface area contributed by atoms with Crippen LogP contribution in [0.4, 0.5) is 0 Å². The van der Waals surface area contributed by atoms with Gasteiger partial charge in [-0.25, -0.2) is 8.42 Å². The van der Waals surface area contributed by atoms with Crippen molar-refractivity contribution in [2.45, 2.75) is 23.9 Å². The van der Waals surface area contributed by atoms with Gasteiger partial charge in [0.1, 0.15) is 0 Å². The molecule has 0 spiro atoms. The Labute approximate surface area is 131 Å². The summed E-state index contributed by atoms with van der Waals surface area (Å²) in [5, 5.41) is 13.7. The molecule has 10 heteroatoms. The summed E-state index contributed by atoms with van der Waals surface area (Å²) in [6.45, 7) is 1.62. The molecule has 0 N–H and O–H groups in total. The van der Waals surface area contributed by atoms with Crippen molar-refractivity contribution in [2.75, 3.05) is 6.26 Å². The van der Waals surface area contributed by atoms with Crippen LogP contribution in [0.2, 0.25) is 5.02 Å². The summed E-state index contributed by atoms with van der Waals surface area (Å²) in [5.74, 6) is 0. The lowest BCUT2D eigenvalue weighted by Crippen LogP contribution is -2.22. The van der Waals surface area contributed by atoms with Crippen LogP contribution in [0, 0.1) is 0 Å². The molecule has 0 aliphatic carbocycles. The van der Waals surface area contributed by atoms with E-state index in [9.17, 15) is 13.2 Å². The van der Waals surface area contributed by atoms with Gasteiger partial charge in [0.25, 0.3) is 5.24 Å². The van der Waals surface area contributed by atoms with Crippen LogP contribution in [-0.2, 0) is 16.3 Å². The van der Waals surface area contributed by atoms with Crippen molar-refractivity contribution < 1.29 is 13.2 Å². The Bertz CT molecular complexity index is 762. The van der Waals surface area contributed by atoms with Crippen LogP contribution in [0.15, 0.2) is 37.7 Å². The Morgan fingerprint density at radius 3 is 2.33 bits per heavy atom. The normalized spacial score (nSPS) is 16.4. The van der Waals surface area contributed by atoms with E-state index in [0.29, 0.717) is 0 Å². The van der Waals surface area contributed by atoms with Gasteiger partial charge in [-0.05, 0) is 46.7 Å². The van der Waals surface area contributed by atoms with E-state index in [1.54, 1.807) is 6.92 Å². The first kappa shape index (κ1) is 16.0. The van der Waals surface area contributed by atoms with Crippen LogP contribution in [0.3, 0.4) is 0 Å².